The minimum Gasteiger partial charge on any atom is -0.496 e. The standard InChI is InChI=1S/C13H15N3O/c1-10(13-14-7-8-15-13)16-9-11-5-3-4-6-12(11)17-2/h3-8H,9H2,1-2H3,(H,14,15). The average molecular weight is 229 g/mol. The van der Waals surface area contributed by atoms with E-state index in [9.17, 15) is 0 Å². The Kier molecular flexibility index (Phi) is 3.55. The van der Waals surface area contributed by atoms with Gasteiger partial charge >= 0.3 is 0 Å². The maximum Gasteiger partial charge on any atom is 0.150 e. The van der Waals surface area contributed by atoms with Crippen molar-refractivity contribution >= 4 is 5.71 Å². The Hall–Kier alpha value is -2.10. The van der Waals surface area contributed by atoms with Crippen LogP contribution in [0.4, 0.5) is 0 Å². The highest BCUT2D eigenvalue weighted by molar-refractivity contribution is 5.95. The van der Waals surface area contributed by atoms with Gasteiger partial charge in [-0.2, -0.15) is 0 Å². The van der Waals surface area contributed by atoms with Gasteiger partial charge in [0.25, 0.3) is 0 Å². The first-order valence-electron chi connectivity index (χ1n) is 5.44. The van der Waals surface area contributed by atoms with Crippen LogP contribution >= 0.6 is 0 Å². The highest BCUT2D eigenvalue weighted by atomic mass is 16.5. The van der Waals surface area contributed by atoms with Crippen LogP contribution in [-0.4, -0.2) is 22.8 Å². The second-order valence-electron chi connectivity index (χ2n) is 3.65. The van der Waals surface area contributed by atoms with Gasteiger partial charge in [-0.3, -0.25) is 4.99 Å². The lowest BCUT2D eigenvalue weighted by atomic mass is 10.2. The number of methoxy groups -OCH3 is 1. The normalized spacial score (nSPS) is 11.5. The molecule has 2 rings (SSSR count). The van der Waals surface area contributed by atoms with E-state index < -0.39 is 0 Å². The highest BCUT2D eigenvalue weighted by Gasteiger charge is 2.02. The van der Waals surface area contributed by atoms with Crippen molar-refractivity contribution in [3.05, 3.63) is 48.0 Å². The SMILES string of the molecule is COc1ccccc1CN=C(C)c1ncc[nH]1. The Morgan fingerprint density at radius 3 is 2.94 bits per heavy atom. The van der Waals surface area contributed by atoms with E-state index in [1.165, 1.54) is 0 Å². The van der Waals surface area contributed by atoms with E-state index in [0.29, 0.717) is 6.54 Å². The van der Waals surface area contributed by atoms with Crippen molar-refractivity contribution in [2.45, 2.75) is 13.5 Å². The Morgan fingerprint density at radius 2 is 2.24 bits per heavy atom. The summed E-state index contributed by atoms with van der Waals surface area (Å²) < 4.78 is 5.28. The molecule has 0 fully saturated rings. The molecule has 0 saturated heterocycles. The van der Waals surface area contributed by atoms with Crippen LogP contribution in [0.3, 0.4) is 0 Å². The van der Waals surface area contributed by atoms with Gasteiger partial charge in [0.15, 0.2) is 5.82 Å². The second kappa shape index (κ2) is 5.30. The van der Waals surface area contributed by atoms with Gasteiger partial charge in [0.05, 0.1) is 19.4 Å². The number of nitrogens with one attached hydrogen (secondary N) is 1. The van der Waals surface area contributed by atoms with Crippen molar-refractivity contribution in [2.75, 3.05) is 7.11 Å². The summed E-state index contributed by atoms with van der Waals surface area (Å²) in [6, 6.07) is 7.88. The minimum absolute atomic E-state index is 0.594. The van der Waals surface area contributed by atoms with Gasteiger partial charge in [-0.05, 0) is 13.0 Å². The number of hydrogen-bond acceptors (Lipinski definition) is 3. The lowest BCUT2D eigenvalue weighted by Crippen LogP contribution is -1.99. The molecule has 0 unspecified atom stereocenters. The number of aliphatic imine (C=N–C) groups is 1. The molecule has 0 atom stereocenters. The summed E-state index contributed by atoms with van der Waals surface area (Å²) >= 11 is 0. The Bertz CT molecular complexity index is 503. The van der Waals surface area contributed by atoms with Gasteiger partial charge in [0.1, 0.15) is 5.75 Å². The molecule has 0 aliphatic carbocycles. The van der Waals surface area contributed by atoms with Gasteiger partial charge in [0.2, 0.25) is 0 Å². The molecule has 0 saturated carbocycles. The fraction of sp³-hybridized carbons (Fsp3) is 0.231. The van der Waals surface area contributed by atoms with Gasteiger partial charge < -0.3 is 9.72 Å². The number of imidazole rings is 1. The van der Waals surface area contributed by atoms with Crippen LogP contribution in [0, 0.1) is 0 Å². The van der Waals surface area contributed by atoms with Crippen LogP contribution < -0.4 is 4.74 Å². The number of para-hydroxylation sites is 1. The van der Waals surface area contributed by atoms with Gasteiger partial charge in [0, 0.05) is 18.0 Å². The van der Waals surface area contributed by atoms with Crippen LogP contribution in [-0.2, 0) is 6.54 Å². The molecule has 4 heteroatoms. The molecule has 1 heterocycles. The smallest absolute Gasteiger partial charge is 0.150 e. The van der Waals surface area contributed by atoms with E-state index in [-0.39, 0.29) is 0 Å². The van der Waals surface area contributed by atoms with E-state index in [1.807, 2.05) is 31.2 Å². The second-order valence-corrected chi connectivity index (χ2v) is 3.65. The first-order chi connectivity index (χ1) is 8.31. The molecule has 0 amide bonds. The third kappa shape index (κ3) is 2.72. The van der Waals surface area contributed by atoms with Crippen LogP contribution in [0.5, 0.6) is 5.75 Å². The van der Waals surface area contributed by atoms with E-state index in [4.69, 9.17) is 4.74 Å². The largest absolute Gasteiger partial charge is 0.496 e. The predicted molar refractivity (Wildman–Crippen MR) is 67.5 cm³/mol. The van der Waals surface area contributed by atoms with Crippen LogP contribution in [0.15, 0.2) is 41.7 Å². The number of hydrogen-bond donors (Lipinski definition) is 1. The summed E-state index contributed by atoms with van der Waals surface area (Å²) in [4.78, 5) is 11.7. The Balaban J connectivity index is 2.14. The zero-order valence-electron chi connectivity index (χ0n) is 9.97. The molecule has 1 N–H and O–H groups in total. The number of benzene rings is 1. The van der Waals surface area contributed by atoms with Crippen molar-refractivity contribution in [3.8, 4) is 5.75 Å². The number of rotatable bonds is 4. The average Bonchev–Trinajstić information content (AvgIpc) is 2.90. The molecule has 0 aliphatic heterocycles. The van der Waals surface area contributed by atoms with Crippen LogP contribution in [0.1, 0.15) is 18.3 Å². The zero-order valence-corrected chi connectivity index (χ0v) is 9.97. The van der Waals surface area contributed by atoms with Crippen molar-refractivity contribution in [1.82, 2.24) is 9.97 Å². The number of aromatic amines is 1. The molecule has 4 nitrogen and oxygen atoms in total. The number of aromatic nitrogens is 2. The third-order valence-corrected chi connectivity index (χ3v) is 2.52. The molecule has 1 aromatic heterocycles. The first-order valence-corrected chi connectivity index (χ1v) is 5.44. The third-order valence-electron chi connectivity index (χ3n) is 2.52. The lowest BCUT2D eigenvalue weighted by Gasteiger charge is -2.05. The molecule has 0 spiro atoms. The maximum absolute atomic E-state index is 5.28. The predicted octanol–water partition coefficient (Wildman–Crippen LogP) is 2.43. The minimum atomic E-state index is 0.594. The van der Waals surface area contributed by atoms with Crippen molar-refractivity contribution in [3.63, 3.8) is 0 Å². The molecule has 0 radical (unpaired) electrons. The zero-order chi connectivity index (χ0) is 12.1. The molecule has 88 valence electrons. The molecule has 1 aromatic carbocycles. The number of ether oxygens (including phenoxy) is 1. The monoisotopic (exact) mass is 229 g/mol. The van der Waals surface area contributed by atoms with E-state index in [2.05, 4.69) is 15.0 Å². The fourth-order valence-corrected chi connectivity index (χ4v) is 1.58. The number of nitrogens with zero attached hydrogens (tertiary/aromatic N) is 2. The highest BCUT2D eigenvalue weighted by Crippen LogP contribution is 2.18. The lowest BCUT2D eigenvalue weighted by molar-refractivity contribution is 0.410. The Morgan fingerprint density at radius 1 is 1.41 bits per heavy atom. The van der Waals surface area contributed by atoms with E-state index in [0.717, 1.165) is 22.8 Å². The van der Waals surface area contributed by atoms with E-state index >= 15 is 0 Å². The summed E-state index contributed by atoms with van der Waals surface area (Å²) in [6.45, 7) is 2.53. The molecular weight excluding hydrogens is 214 g/mol. The molecule has 2 aromatic rings. The summed E-state index contributed by atoms with van der Waals surface area (Å²) in [6.07, 6.45) is 3.51. The summed E-state index contributed by atoms with van der Waals surface area (Å²) in [5, 5.41) is 0. The first kappa shape index (κ1) is 11.4. The summed E-state index contributed by atoms with van der Waals surface area (Å²) in [5.74, 6) is 1.67. The van der Waals surface area contributed by atoms with Gasteiger partial charge in [-0.15, -0.1) is 0 Å². The van der Waals surface area contributed by atoms with E-state index in [1.54, 1.807) is 19.5 Å². The topological polar surface area (TPSA) is 50.3 Å². The Labute approximate surface area is 100 Å². The van der Waals surface area contributed by atoms with Crippen molar-refractivity contribution in [1.29, 1.82) is 0 Å². The number of H-pyrrole nitrogens is 1. The molecule has 0 bridgehead atoms. The van der Waals surface area contributed by atoms with Crippen molar-refractivity contribution in [2.24, 2.45) is 4.99 Å². The molecular formula is C13H15N3O. The van der Waals surface area contributed by atoms with Crippen molar-refractivity contribution < 1.29 is 4.74 Å². The summed E-state index contributed by atoms with van der Waals surface area (Å²) in [7, 11) is 1.67. The molecule has 17 heavy (non-hydrogen) atoms. The fourth-order valence-electron chi connectivity index (χ4n) is 1.58. The van der Waals surface area contributed by atoms with Gasteiger partial charge in [-0.1, -0.05) is 18.2 Å². The summed E-state index contributed by atoms with van der Waals surface area (Å²) in [5.41, 5.74) is 1.96. The quantitative estimate of drug-likeness (QED) is 0.818. The molecule has 0 aliphatic rings. The maximum atomic E-state index is 5.28. The van der Waals surface area contributed by atoms with Gasteiger partial charge in [-0.25, -0.2) is 4.98 Å². The van der Waals surface area contributed by atoms with Crippen LogP contribution in [0.2, 0.25) is 0 Å². The van der Waals surface area contributed by atoms with Crippen LogP contribution in [0.25, 0.3) is 0 Å².